The van der Waals surface area contributed by atoms with Gasteiger partial charge in [-0.25, -0.2) is 9.67 Å². The molecule has 0 spiro atoms. The first-order chi connectivity index (χ1) is 8.40. The molecule has 0 saturated carbocycles. The van der Waals surface area contributed by atoms with Gasteiger partial charge in [-0.05, 0) is 17.0 Å². The van der Waals surface area contributed by atoms with Crippen molar-refractivity contribution in [3.63, 3.8) is 0 Å². The second-order valence-corrected chi connectivity index (χ2v) is 3.81. The Balaban J connectivity index is 2.34. The molecule has 84 valence electrons. The number of hydrogen-bond acceptors (Lipinski definition) is 3. The van der Waals surface area contributed by atoms with E-state index >= 15 is 0 Å². The molecule has 0 aliphatic heterocycles. The summed E-state index contributed by atoms with van der Waals surface area (Å²) in [6.45, 7) is 0.493. The molecule has 4 heteroatoms. The van der Waals surface area contributed by atoms with Crippen LogP contribution in [0.1, 0.15) is 5.56 Å². The van der Waals surface area contributed by atoms with Crippen LogP contribution in [0.2, 0.25) is 0 Å². The van der Waals surface area contributed by atoms with Crippen LogP contribution in [0.5, 0.6) is 0 Å². The molecule has 17 heavy (non-hydrogen) atoms. The summed E-state index contributed by atoms with van der Waals surface area (Å²) in [5, 5.41) is 6.42. The van der Waals surface area contributed by atoms with Crippen LogP contribution in [0.25, 0.3) is 16.6 Å². The summed E-state index contributed by atoms with van der Waals surface area (Å²) in [6, 6.07) is 9.99. The van der Waals surface area contributed by atoms with Gasteiger partial charge in [-0.1, -0.05) is 24.3 Å². The van der Waals surface area contributed by atoms with E-state index < -0.39 is 0 Å². The minimum Gasteiger partial charge on any atom is -0.326 e. The van der Waals surface area contributed by atoms with Crippen molar-refractivity contribution in [2.75, 3.05) is 0 Å². The molecule has 3 aromatic rings. The molecule has 2 heterocycles. The first-order valence-electron chi connectivity index (χ1n) is 5.47. The van der Waals surface area contributed by atoms with Crippen LogP contribution < -0.4 is 5.73 Å². The number of hydrogen-bond donors (Lipinski definition) is 1. The molecule has 0 aliphatic carbocycles. The molecule has 0 unspecified atom stereocenters. The van der Waals surface area contributed by atoms with Crippen molar-refractivity contribution >= 4 is 10.8 Å². The van der Waals surface area contributed by atoms with Crippen molar-refractivity contribution in [1.29, 1.82) is 0 Å². The molecule has 3 rings (SSSR count). The summed E-state index contributed by atoms with van der Waals surface area (Å²) in [7, 11) is 0. The summed E-state index contributed by atoms with van der Waals surface area (Å²) in [4.78, 5) is 4.44. The van der Waals surface area contributed by atoms with Gasteiger partial charge < -0.3 is 5.73 Å². The smallest absolute Gasteiger partial charge is 0.161 e. The van der Waals surface area contributed by atoms with Crippen molar-refractivity contribution in [3.05, 3.63) is 54.5 Å². The molecule has 2 aromatic heterocycles. The van der Waals surface area contributed by atoms with Gasteiger partial charge in [0.15, 0.2) is 5.82 Å². The highest BCUT2D eigenvalue weighted by Gasteiger charge is 2.07. The molecule has 0 amide bonds. The van der Waals surface area contributed by atoms with Crippen molar-refractivity contribution in [1.82, 2.24) is 14.8 Å². The number of nitrogens with two attached hydrogens (primary N) is 1. The minimum atomic E-state index is 0.493. The zero-order valence-corrected chi connectivity index (χ0v) is 9.24. The lowest BCUT2D eigenvalue weighted by molar-refractivity contribution is 0.853. The van der Waals surface area contributed by atoms with Crippen LogP contribution in [-0.2, 0) is 6.54 Å². The van der Waals surface area contributed by atoms with Crippen molar-refractivity contribution in [2.45, 2.75) is 6.54 Å². The Labute approximate surface area is 98.7 Å². The third-order valence-corrected chi connectivity index (χ3v) is 2.80. The number of benzene rings is 1. The fourth-order valence-electron chi connectivity index (χ4n) is 1.98. The number of pyridine rings is 1. The highest BCUT2D eigenvalue weighted by Crippen LogP contribution is 2.22. The summed E-state index contributed by atoms with van der Waals surface area (Å²) < 4.78 is 1.77. The third kappa shape index (κ3) is 1.59. The fourth-order valence-corrected chi connectivity index (χ4v) is 1.98. The van der Waals surface area contributed by atoms with Crippen LogP contribution >= 0.6 is 0 Å². The van der Waals surface area contributed by atoms with Gasteiger partial charge in [-0.2, -0.15) is 5.10 Å². The summed E-state index contributed by atoms with van der Waals surface area (Å²) >= 11 is 0. The summed E-state index contributed by atoms with van der Waals surface area (Å²) in [5.74, 6) is 0.836. The Hall–Kier alpha value is -2.20. The molecule has 0 atom stereocenters. The van der Waals surface area contributed by atoms with Gasteiger partial charge in [0, 0.05) is 30.5 Å². The van der Waals surface area contributed by atoms with E-state index in [-0.39, 0.29) is 0 Å². The number of aromatic nitrogens is 3. The monoisotopic (exact) mass is 224 g/mol. The summed E-state index contributed by atoms with van der Waals surface area (Å²) in [6.07, 6.45) is 5.45. The third-order valence-electron chi connectivity index (χ3n) is 2.80. The zero-order chi connectivity index (χ0) is 11.7. The Morgan fingerprint density at radius 3 is 2.65 bits per heavy atom. The van der Waals surface area contributed by atoms with Crippen LogP contribution in [0.3, 0.4) is 0 Å². The second kappa shape index (κ2) is 3.99. The number of nitrogens with zero attached hydrogens (tertiary/aromatic N) is 3. The van der Waals surface area contributed by atoms with Crippen molar-refractivity contribution < 1.29 is 0 Å². The van der Waals surface area contributed by atoms with Gasteiger partial charge in [-0.3, -0.25) is 0 Å². The Kier molecular flexibility index (Phi) is 2.34. The predicted molar refractivity (Wildman–Crippen MR) is 66.8 cm³/mol. The lowest BCUT2D eigenvalue weighted by atomic mass is 10.1. The first-order valence-corrected chi connectivity index (χ1v) is 5.47. The molecular formula is C13H12N4. The average Bonchev–Trinajstić information content (AvgIpc) is 2.91. The Morgan fingerprint density at radius 1 is 1.12 bits per heavy atom. The Bertz CT molecular complexity index is 644. The molecule has 0 fully saturated rings. The summed E-state index contributed by atoms with van der Waals surface area (Å²) in [5.41, 5.74) is 6.77. The predicted octanol–water partition coefficient (Wildman–Crippen LogP) is 1.88. The van der Waals surface area contributed by atoms with E-state index in [1.807, 2.05) is 36.7 Å². The van der Waals surface area contributed by atoms with Crippen molar-refractivity contribution in [2.24, 2.45) is 5.73 Å². The average molecular weight is 224 g/mol. The topological polar surface area (TPSA) is 56.7 Å². The number of fused-ring (bicyclic) bond motifs is 1. The van der Waals surface area contributed by atoms with E-state index in [0.717, 1.165) is 22.2 Å². The normalized spacial score (nSPS) is 10.9. The van der Waals surface area contributed by atoms with Crippen LogP contribution in [0.4, 0.5) is 0 Å². The van der Waals surface area contributed by atoms with E-state index in [2.05, 4.69) is 16.1 Å². The van der Waals surface area contributed by atoms with Crippen LogP contribution in [0, 0.1) is 0 Å². The van der Waals surface area contributed by atoms with E-state index in [4.69, 9.17) is 5.73 Å². The van der Waals surface area contributed by atoms with Gasteiger partial charge in [-0.15, -0.1) is 0 Å². The molecule has 4 nitrogen and oxygen atoms in total. The van der Waals surface area contributed by atoms with Crippen LogP contribution in [-0.4, -0.2) is 14.8 Å². The molecule has 1 aromatic carbocycles. The highest BCUT2D eigenvalue weighted by atomic mass is 15.3. The van der Waals surface area contributed by atoms with Crippen molar-refractivity contribution in [3.8, 4) is 5.82 Å². The highest BCUT2D eigenvalue weighted by molar-refractivity contribution is 5.90. The molecule has 0 bridgehead atoms. The molecular weight excluding hydrogens is 212 g/mol. The first kappa shape index (κ1) is 9.99. The lowest BCUT2D eigenvalue weighted by Gasteiger charge is -2.08. The molecule has 0 aliphatic rings. The maximum atomic E-state index is 5.72. The maximum absolute atomic E-state index is 5.72. The lowest BCUT2D eigenvalue weighted by Crippen LogP contribution is -2.03. The molecule has 2 N–H and O–H groups in total. The fraction of sp³-hybridized carbons (Fsp3) is 0.0769. The van der Waals surface area contributed by atoms with E-state index in [1.54, 1.807) is 10.9 Å². The van der Waals surface area contributed by atoms with E-state index in [0.29, 0.717) is 6.54 Å². The molecule has 0 saturated heterocycles. The van der Waals surface area contributed by atoms with Crippen LogP contribution in [0.15, 0.2) is 48.9 Å². The SMILES string of the molecule is NCc1cnc(-n2cccn2)c2ccccc12. The Morgan fingerprint density at radius 2 is 1.94 bits per heavy atom. The quantitative estimate of drug-likeness (QED) is 0.723. The molecule has 0 radical (unpaired) electrons. The minimum absolute atomic E-state index is 0.493. The van der Waals surface area contributed by atoms with Gasteiger partial charge in [0.05, 0.1) is 0 Å². The maximum Gasteiger partial charge on any atom is 0.161 e. The van der Waals surface area contributed by atoms with Gasteiger partial charge in [0.2, 0.25) is 0 Å². The number of rotatable bonds is 2. The zero-order valence-electron chi connectivity index (χ0n) is 9.24. The standard InChI is InChI=1S/C13H12N4/c14-8-10-9-15-13(17-7-3-6-16-17)12-5-2-1-4-11(10)12/h1-7,9H,8,14H2. The van der Waals surface area contributed by atoms with Gasteiger partial charge in [0.1, 0.15) is 0 Å². The van der Waals surface area contributed by atoms with Gasteiger partial charge in [0.25, 0.3) is 0 Å². The second-order valence-electron chi connectivity index (χ2n) is 3.81. The van der Waals surface area contributed by atoms with E-state index in [1.165, 1.54) is 0 Å². The van der Waals surface area contributed by atoms with E-state index in [9.17, 15) is 0 Å². The largest absolute Gasteiger partial charge is 0.326 e. The van der Waals surface area contributed by atoms with Gasteiger partial charge >= 0.3 is 0 Å².